The summed E-state index contributed by atoms with van der Waals surface area (Å²) in [5.74, 6) is 0.722. The largest absolute Gasteiger partial charge is 0.423 e. The Morgan fingerprint density at radius 3 is 2.90 bits per heavy atom. The quantitative estimate of drug-likeness (QED) is 0.928. The second kappa shape index (κ2) is 5.09. The van der Waals surface area contributed by atoms with E-state index >= 15 is 0 Å². The molecule has 20 heavy (non-hydrogen) atoms. The molecule has 4 heteroatoms. The highest BCUT2D eigenvalue weighted by molar-refractivity contribution is 5.74. The Morgan fingerprint density at radius 1 is 1.25 bits per heavy atom. The average molecular weight is 271 g/mol. The van der Waals surface area contributed by atoms with Crippen LogP contribution < -0.4 is 10.2 Å². The van der Waals surface area contributed by atoms with E-state index in [0.717, 1.165) is 36.1 Å². The van der Waals surface area contributed by atoms with Crippen LogP contribution in [0.15, 0.2) is 28.7 Å². The van der Waals surface area contributed by atoms with Crippen LogP contribution in [0.25, 0.3) is 11.1 Å². The summed E-state index contributed by atoms with van der Waals surface area (Å²) in [7, 11) is 0. The minimum Gasteiger partial charge on any atom is -0.423 e. The van der Waals surface area contributed by atoms with Crippen molar-refractivity contribution in [2.45, 2.75) is 31.7 Å². The number of nitrogens with zero attached hydrogens (tertiary/aromatic N) is 2. The van der Waals surface area contributed by atoms with Crippen molar-refractivity contribution in [3.63, 3.8) is 0 Å². The molecule has 0 amide bonds. The van der Waals surface area contributed by atoms with Crippen LogP contribution in [0.5, 0.6) is 0 Å². The molecule has 1 aliphatic heterocycles. The number of hydrogen-bond acceptors (Lipinski definition) is 4. The summed E-state index contributed by atoms with van der Waals surface area (Å²) in [6.07, 6.45) is 5.16. The van der Waals surface area contributed by atoms with Crippen molar-refractivity contribution in [1.29, 1.82) is 0 Å². The number of fused-ring (bicyclic) bond motifs is 1. The van der Waals surface area contributed by atoms with Crippen LogP contribution in [0.3, 0.4) is 0 Å². The van der Waals surface area contributed by atoms with Crippen LogP contribution in [0.4, 0.5) is 6.01 Å². The maximum Gasteiger partial charge on any atom is 0.298 e. The minimum absolute atomic E-state index is 0.644. The van der Waals surface area contributed by atoms with Crippen molar-refractivity contribution in [3.05, 3.63) is 24.3 Å². The predicted molar refractivity (Wildman–Crippen MR) is 80.0 cm³/mol. The number of piperidine rings is 1. The molecule has 1 saturated carbocycles. The smallest absolute Gasteiger partial charge is 0.298 e. The summed E-state index contributed by atoms with van der Waals surface area (Å²) in [6, 6.07) is 9.50. The summed E-state index contributed by atoms with van der Waals surface area (Å²) < 4.78 is 5.97. The zero-order valence-electron chi connectivity index (χ0n) is 11.7. The van der Waals surface area contributed by atoms with Crippen LogP contribution in [0, 0.1) is 5.92 Å². The van der Waals surface area contributed by atoms with Crippen molar-refractivity contribution in [2.24, 2.45) is 5.92 Å². The lowest BCUT2D eigenvalue weighted by atomic mass is 9.99. The Bertz CT molecular complexity index is 551. The molecule has 2 aromatic rings. The van der Waals surface area contributed by atoms with Gasteiger partial charge in [-0.1, -0.05) is 12.1 Å². The van der Waals surface area contributed by atoms with E-state index in [1.54, 1.807) is 0 Å². The Morgan fingerprint density at radius 2 is 2.15 bits per heavy atom. The molecule has 2 heterocycles. The fourth-order valence-corrected chi connectivity index (χ4v) is 3.11. The van der Waals surface area contributed by atoms with Gasteiger partial charge in [0.1, 0.15) is 5.52 Å². The first-order valence-corrected chi connectivity index (χ1v) is 7.73. The summed E-state index contributed by atoms with van der Waals surface area (Å²) in [4.78, 5) is 7.08. The van der Waals surface area contributed by atoms with E-state index in [2.05, 4.69) is 15.2 Å². The number of nitrogens with one attached hydrogen (secondary N) is 1. The molecular weight excluding hydrogens is 250 g/mol. The number of rotatable bonds is 4. The standard InChI is InChI=1S/C16H21N3O/c1-2-6-15-14(5-1)18-16(20-15)19(13-7-8-13)11-12-4-3-9-17-10-12/h1-2,5-6,12-13,17H,3-4,7-11H2. The third-order valence-corrected chi connectivity index (χ3v) is 4.37. The Labute approximate surface area is 119 Å². The SMILES string of the molecule is c1ccc2oc(N(CC3CCCNC3)C3CC3)nc2c1. The van der Waals surface area contributed by atoms with Crippen molar-refractivity contribution < 1.29 is 4.42 Å². The minimum atomic E-state index is 0.644. The number of oxazole rings is 1. The molecule has 1 aromatic carbocycles. The molecule has 1 N–H and O–H groups in total. The van der Waals surface area contributed by atoms with E-state index in [1.807, 2.05) is 24.3 Å². The fraction of sp³-hybridized carbons (Fsp3) is 0.562. The van der Waals surface area contributed by atoms with Gasteiger partial charge in [-0.25, -0.2) is 0 Å². The van der Waals surface area contributed by atoms with Crippen LogP contribution in [-0.2, 0) is 0 Å². The molecule has 4 nitrogen and oxygen atoms in total. The highest BCUT2D eigenvalue weighted by Crippen LogP contribution is 2.34. The number of anilines is 1. The van der Waals surface area contributed by atoms with Crippen molar-refractivity contribution in [1.82, 2.24) is 10.3 Å². The highest BCUT2D eigenvalue weighted by atomic mass is 16.4. The molecule has 1 saturated heterocycles. The monoisotopic (exact) mass is 271 g/mol. The molecule has 1 aromatic heterocycles. The first-order chi connectivity index (χ1) is 9.90. The van der Waals surface area contributed by atoms with Gasteiger partial charge in [0.05, 0.1) is 0 Å². The number of aromatic nitrogens is 1. The lowest BCUT2D eigenvalue weighted by Gasteiger charge is -2.29. The number of hydrogen-bond donors (Lipinski definition) is 1. The molecule has 106 valence electrons. The summed E-state index contributed by atoms with van der Waals surface area (Å²) in [5, 5.41) is 3.50. The van der Waals surface area contributed by atoms with Crippen molar-refractivity contribution in [2.75, 3.05) is 24.5 Å². The lowest BCUT2D eigenvalue weighted by Crippen LogP contribution is -2.39. The maximum absolute atomic E-state index is 5.97. The van der Waals surface area contributed by atoms with Gasteiger partial charge >= 0.3 is 0 Å². The molecule has 0 spiro atoms. The average Bonchev–Trinajstić information content (AvgIpc) is 3.24. The number of para-hydroxylation sites is 2. The molecule has 0 bridgehead atoms. The molecular formula is C16H21N3O. The molecule has 1 atom stereocenters. The van der Waals surface area contributed by atoms with Crippen molar-refractivity contribution in [3.8, 4) is 0 Å². The van der Waals surface area contributed by atoms with Crippen LogP contribution >= 0.6 is 0 Å². The topological polar surface area (TPSA) is 41.3 Å². The Kier molecular flexibility index (Phi) is 3.11. The molecule has 1 aliphatic carbocycles. The van der Waals surface area contributed by atoms with Crippen LogP contribution in [0.2, 0.25) is 0 Å². The van der Waals surface area contributed by atoms with E-state index in [0.29, 0.717) is 6.04 Å². The summed E-state index contributed by atoms with van der Waals surface area (Å²) >= 11 is 0. The van der Waals surface area contributed by atoms with Gasteiger partial charge in [0, 0.05) is 12.6 Å². The van der Waals surface area contributed by atoms with Gasteiger partial charge in [0.25, 0.3) is 6.01 Å². The summed E-state index contributed by atoms with van der Waals surface area (Å²) in [6.45, 7) is 3.37. The fourth-order valence-electron chi connectivity index (χ4n) is 3.11. The molecule has 4 rings (SSSR count). The van der Waals surface area contributed by atoms with Gasteiger partial charge in [-0.15, -0.1) is 0 Å². The molecule has 1 unspecified atom stereocenters. The van der Waals surface area contributed by atoms with Crippen LogP contribution in [-0.4, -0.2) is 30.7 Å². The lowest BCUT2D eigenvalue weighted by molar-refractivity contribution is 0.369. The van der Waals surface area contributed by atoms with E-state index in [-0.39, 0.29) is 0 Å². The van der Waals surface area contributed by atoms with Gasteiger partial charge in [-0.3, -0.25) is 0 Å². The Balaban J connectivity index is 1.58. The van der Waals surface area contributed by atoms with E-state index in [9.17, 15) is 0 Å². The highest BCUT2D eigenvalue weighted by Gasteiger charge is 2.33. The van der Waals surface area contributed by atoms with Gasteiger partial charge < -0.3 is 14.6 Å². The summed E-state index contributed by atoms with van der Waals surface area (Å²) in [5.41, 5.74) is 1.87. The zero-order valence-corrected chi connectivity index (χ0v) is 11.7. The molecule has 2 aliphatic rings. The molecule has 0 radical (unpaired) electrons. The first kappa shape index (κ1) is 12.2. The number of benzene rings is 1. The third-order valence-electron chi connectivity index (χ3n) is 4.37. The maximum atomic E-state index is 5.97. The third kappa shape index (κ3) is 2.40. The molecule has 2 fully saturated rings. The van der Waals surface area contributed by atoms with E-state index in [4.69, 9.17) is 4.42 Å². The van der Waals surface area contributed by atoms with Gasteiger partial charge in [-0.05, 0) is 56.8 Å². The predicted octanol–water partition coefficient (Wildman–Crippen LogP) is 2.80. The Hall–Kier alpha value is -1.55. The zero-order chi connectivity index (χ0) is 13.4. The van der Waals surface area contributed by atoms with Crippen LogP contribution in [0.1, 0.15) is 25.7 Å². The van der Waals surface area contributed by atoms with Gasteiger partial charge in [0.2, 0.25) is 0 Å². The normalized spacial score (nSPS) is 23.1. The van der Waals surface area contributed by atoms with E-state index < -0.39 is 0 Å². The van der Waals surface area contributed by atoms with Gasteiger partial charge in [0.15, 0.2) is 5.58 Å². The van der Waals surface area contributed by atoms with E-state index in [1.165, 1.54) is 32.2 Å². The second-order valence-electron chi connectivity index (χ2n) is 6.06. The van der Waals surface area contributed by atoms with Crippen molar-refractivity contribution >= 4 is 17.1 Å². The van der Waals surface area contributed by atoms with Gasteiger partial charge in [-0.2, -0.15) is 4.98 Å². The second-order valence-corrected chi connectivity index (χ2v) is 6.06. The first-order valence-electron chi connectivity index (χ1n) is 7.73.